The van der Waals surface area contributed by atoms with E-state index in [0.717, 1.165) is 11.1 Å². The predicted octanol–water partition coefficient (Wildman–Crippen LogP) is 0.724. The van der Waals surface area contributed by atoms with Crippen LogP contribution in [0.15, 0.2) is 60.7 Å². The van der Waals surface area contributed by atoms with Crippen LogP contribution in [0, 0.1) is 5.92 Å². The molecule has 0 aliphatic rings. The lowest BCUT2D eigenvalue weighted by molar-refractivity contribution is -0.140. The highest BCUT2D eigenvalue weighted by atomic mass is 16.4. The molecule has 3 atom stereocenters. The number of rotatable bonds is 10. The number of hydrazine groups is 1. The molecule has 4 amide bonds. The number of benzene rings is 2. The fourth-order valence-electron chi connectivity index (χ4n) is 3.18. The summed E-state index contributed by atoms with van der Waals surface area (Å²) in [5.74, 6) is -2.83. The molecule has 0 spiro atoms. The van der Waals surface area contributed by atoms with E-state index in [1.165, 1.54) is 0 Å². The van der Waals surface area contributed by atoms with Crippen molar-refractivity contribution >= 4 is 23.8 Å². The molecule has 3 unspecified atom stereocenters. The Balaban J connectivity index is 2.01. The van der Waals surface area contributed by atoms with Crippen LogP contribution in [-0.4, -0.2) is 47.0 Å². The van der Waals surface area contributed by atoms with Crippen molar-refractivity contribution < 1.29 is 24.3 Å². The van der Waals surface area contributed by atoms with Crippen molar-refractivity contribution in [2.45, 2.75) is 44.8 Å². The van der Waals surface area contributed by atoms with Crippen LogP contribution in [0.2, 0.25) is 0 Å². The lowest BCUT2D eigenvalue weighted by Crippen LogP contribution is -2.58. The van der Waals surface area contributed by atoms with Gasteiger partial charge in [-0.15, -0.1) is 0 Å². The van der Waals surface area contributed by atoms with Crippen LogP contribution in [0.4, 0.5) is 4.79 Å². The summed E-state index contributed by atoms with van der Waals surface area (Å²) in [6, 6.07) is 14.2. The van der Waals surface area contributed by atoms with Gasteiger partial charge >= 0.3 is 12.0 Å². The fraction of sp³-hybridized carbons (Fsp3) is 0.333. The predicted molar refractivity (Wildman–Crippen MR) is 126 cm³/mol. The summed E-state index contributed by atoms with van der Waals surface area (Å²) in [5, 5.41) is 14.1. The highest BCUT2D eigenvalue weighted by molar-refractivity contribution is 5.91. The Morgan fingerprint density at radius 3 is 1.79 bits per heavy atom. The summed E-state index contributed by atoms with van der Waals surface area (Å²) in [6.45, 7) is 3.31. The Morgan fingerprint density at radius 1 is 0.794 bits per heavy atom. The van der Waals surface area contributed by atoms with E-state index >= 15 is 0 Å². The number of carbonyl (C=O) groups excluding carboxylic acids is 3. The van der Waals surface area contributed by atoms with Crippen molar-refractivity contribution in [3.63, 3.8) is 0 Å². The first-order valence-electron chi connectivity index (χ1n) is 10.9. The van der Waals surface area contributed by atoms with Gasteiger partial charge in [-0.2, -0.15) is 0 Å². The molecular weight excluding hydrogens is 438 g/mol. The third-order valence-electron chi connectivity index (χ3n) is 5.07. The van der Waals surface area contributed by atoms with Crippen LogP contribution >= 0.6 is 0 Å². The monoisotopic (exact) mass is 469 g/mol. The zero-order valence-corrected chi connectivity index (χ0v) is 19.2. The van der Waals surface area contributed by atoms with E-state index < -0.39 is 41.9 Å². The summed E-state index contributed by atoms with van der Waals surface area (Å²) in [6.07, 6.45) is 0.397. The fourth-order valence-corrected chi connectivity index (χ4v) is 3.18. The molecule has 0 saturated carbocycles. The molecular formula is C24H31N5O5. The van der Waals surface area contributed by atoms with Crippen molar-refractivity contribution in [1.82, 2.24) is 21.5 Å². The molecule has 34 heavy (non-hydrogen) atoms. The zero-order valence-electron chi connectivity index (χ0n) is 19.2. The van der Waals surface area contributed by atoms with Crippen molar-refractivity contribution in [3.05, 3.63) is 71.8 Å². The van der Waals surface area contributed by atoms with Crippen molar-refractivity contribution in [2.75, 3.05) is 0 Å². The Bertz CT molecular complexity index is 968. The number of urea groups is 1. The van der Waals surface area contributed by atoms with Crippen molar-refractivity contribution in [1.29, 1.82) is 0 Å². The van der Waals surface area contributed by atoms with Gasteiger partial charge in [0.2, 0.25) is 0 Å². The molecule has 0 aromatic heterocycles. The highest BCUT2D eigenvalue weighted by Gasteiger charge is 2.27. The van der Waals surface area contributed by atoms with Crippen molar-refractivity contribution in [3.8, 4) is 0 Å². The second-order valence-electron chi connectivity index (χ2n) is 8.19. The van der Waals surface area contributed by atoms with Crippen LogP contribution in [0.5, 0.6) is 0 Å². The molecule has 7 N–H and O–H groups in total. The van der Waals surface area contributed by atoms with Gasteiger partial charge in [-0.05, 0) is 23.5 Å². The van der Waals surface area contributed by atoms with Crippen LogP contribution in [0.1, 0.15) is 25.0 Å². The normalized spacial score (nSPS) is 13.3. The zero-order chi connectivity index (χ0) is 25.1. The first-order chi connectivity index (χ1) is 16.2. The maximum absolute atomic E-state index is 12.8. The molecule has 0 bridgehead atoms. The van der Waals surface area contributed by atoms with Gasteiger partial charge in [0.15, 0.2) is 0 Å². The molecule has 2 rings (SSSR count). The summed E-state index contributed by atoms with van der Waals surface area (Å²) in [5.41, 5.74) is 12.1. The number of aliphatic carboxylic acids is 1. The van der Waals surface area contributed by atoms with Gasteiger partial charge in [0.25, 0.3) is 11.8 Å². The number of hydrogen-bond donors (Lipinski definition) is 6. The molecule has 0 fully saturated rings. The summed E-state index contributed by atoms with van der Waals surface area (Å²) in [7, 11) is 0. The van der Waals surface area contributed by atoms with E-state index in [1.54, 1.807) is 38.1 Å². The molecule has 10 nitrogen and oxygen atoms in total. The highest BCUT2D eigenvalue weighted by Crippen LogP contribution is 2.05. The summed E-state index contributed by atoms with van der Waals surface area (Å²) < 4.78 is 0. The second-order valence-corrected chi connectivity index (χ2v) is 8.19. The standard InChI is InChI=1S/C24H31N5O5/c1-15(2)20(23(32)33)27-24(34)26-19(14-17-11-7-4-8-12-17)22(31)29-28-21(30)18(25)13-16-9-5-3-6-10-16/h3-12,15,18-20H,13-14,25H2,1-2H3,(H,28,30)(H,29,31)(H,32,33)(H2,26,27,34). The van der Waals surface area contributed by atoms with E-state index in [4.69, 9.17) is 5.73 Å². The third kappa shape index (κ3) is 8.55. The Morgan fingerprint density at radius 2 is 1.29 bits per heavy atom. The van der Waals surface area contributed by atoms with E-state index in [1.807, 2.05) is 36.4 Å². The second kappa shape index (κ2) is 12.9. The molecule has 10 heteroatoms. The van der Waals surface area contributed by atoms with E-state index in [2.05, 4.69) is 21.5 Å². The third-order valence-corrected chi connectivity index (χ3v) is 5.07. The van der Waals surface area contributed by atoms with Gasteiger partial charge < -0.3 is 21.5 Å². The molecule has 182 valence electrons. The van der Waals surface area contributed by atoms with Crippen LogP contribution in [-0.2, 0) is 27.2 Å². The van der Waals surface area contributed by atoms with E-state index in [0.29, 0.717) is 0 Å². The topological polar surface area (TPSA) is 163 Å². The largest absolute Gasteiger partial charge is 0.480 e. The number of carboxylic acids is 1. The number of nitrogens with two attached hydrogens (primary N) is 1. The minimum Gasteiger partial charge on any atom is -0.480 e. The minimum atomic E-state index is -1.19. The number of carbonyl (C=O) groups is 4. The number of nitrogens with one attached hydrogen (secondary N) is 4. The van der Waals surface area contributed by atoms with Gasteiger partial charge in [0, 0.05) is 6.42 Å². The lowest BCUT2D eigenvalue weighted by Gasteiger charge is -2.23. The van der Waals surface area contributed by atoms with Crippen molar-refractivity contribution in [2.24, 2.45) is 11.7 Å². The number of carboxylic acid groups (broad SMARTS) is 1. The molecule has 0 radical (unpaired) electrons. The van der Waals surface area contributed by atoms with Gasteiger partial charge in [-0.25, -0.2) is 9.59 Å². The SMILES string of the molecule is CC(C)C(NC(=O)NC(Cc1ccccc1)C(=O)NNC(=O)C(N)Cc1ccccc1)C(=O)O. The molecule has 0 saturated heterocycles. The molecule has 2 aromatic rings. The Labute approximate surface area is 198 Å². The van der Waals surface area contributed by atoms with Crippen LogP contribution in [0.25, 0.3) is 0 Å². The van der Waals surface area contributed by atoms with E-state index in [-0.39, 0.29) is 18.8 Å². The first kappa shape index (κ1) is 26.3. The smallest absolute Gasteiger partial charge is 0.326 e. The minimum absolute atomic E-state index is 0.117. The van der Waals surface area contributed by atoms with Crippen LogP contribution in [0.3, 0.4) is 0 Å². The van der Waals surface area contributed by atoms with Gasteiger partial charge in [0.05, 0.1) is 6.04 Å². The van der Waals surface area contributed by atoms with Crippen LogP contribution < -0.4 is 27.2 Å². The first-order valence-corrected chi connectivity index (χ1v) is 10.9. The Kier molecular flexibility index (Phi) is 10.0. The maximum Gasteiger partial charge on any atom is 0.326 e. The quantitative estimate of drug-likeness (QED) is 0.281. The summed E-state index contributed by atoms with van der Waals surface area (Å²) in [4.78, 5) is 49.0. The molecule has 0 aliphatic heterocycles. The van der Waals surface area contributed by atoms with Gasteiger partial charge in [-0.3, -0.25) is 20.4 Å². The Hall–Kier alpha value is -3.92. The van der Waals surface area contributed by atoms with Gasteiger partial charge in [0.1, 0.15) is 12.1 Å². The number of amides is 4. The molecule has 0 heterocycles. The number of hydrogen-bond acceptors (Lipinski definition) is 5. The summed E-state index contributed by atoms with van der Waals surface area (Å²) >= 11 is 0. The average Bonchev–Trinajstić information content (AvgIpc) is 2.81. The molecule has 2 aromatic carbocycles. The lowest BCUT2D eigenvalue weighted by atomic mass is 10.0. The maximum atomic E-state index is 12.8. The molecule has 0 aliphatic carbocycles. The van der Waals surface area contributed by atoms with Gasteiger partial charge in [-0.1, -0.05) is 74.5 Å². The van der Waals surface area contributed by atoms with E-state index in [9.17, 15) is 24.3 Å². The average molecular weight is 470 g/mol.